The molecule has 1 aromatic carbocycles. The molecule has 2 aromatic rings. The molecule has 2 rings (SSSR count). The van der Waals surface area contributed by atoms with Crippen LogP contribution in [0.15, 0.2) is 24.3 Å². The molecule has 0 unspecified atom stereocenters. The Morgan fingerprint density at radius 2 is 2.12 bits per heavy atom. The normalized spacial score (nSPS) is 10.2. The quantitative estimate of drug-likeness (QED) is 0.837. The second-order valence-corrected chi connectivity index (χ2v) is 3.39. The van der Waals surface area contributed by atoms with Crippen LogP contribution < -0.4 is 5.32 Å². The molecular weight excluding hydrogens is 225 g/mol. The maximum absolute atomic E-state index is 12.8. The van der Waals surface area contributed by atoms with Crippen molar-refractivity contribution in [2.45, 2.75) is 13.5 Å². The Labute approximate surface area is 96.4 Å². The predicted octanol–water partition coefficient (Wildman–Crippen LogP) is 0.437. The Hall–Kier alpha value is -2.31. The van der Waals surface area contributed by atoms with E-state index in [1.165, 1.54) is 23.7 Å². The van der Waals surface area contributed by atoms with Gasteiger partial charge in [0.2, 0.25) is 5.91 Å². The van der Waals surface area contributed by atoms with Crippen molar-refractivity contribution in [1.29, 1.82) is 0 Å². The lowest BCUT2D eigenvalue weighted by molar-refractivity contribution is -0.119. The average molecular weight is 235 g/mol. The number of hydrogen-bond acceptors (Lipinski definition) is 4. The third-order valence-corrected chi connectivity index (χ3v) is 2.10. The van der Waals surface area contributed by atoms with E-state index in [1.807, 2.05) is 0 Å². The highest BCUT2D eigenvalue weighted by atomic mass is 19.1. The van der Waals surface area contributed by atoms with Gasteiger partial charge in [-0.1, -0.05) is 0 Å². The van der Waals surface area contributed by atoms with Gasteiger partial charge in [-0.15, -0.1) is 5.10 Å². The Bertz CT molecular complexity index is 522. The fourth-order valence-electron chi connectivity index (χ4n) is 1.30. The van der Waals surface area contributed by atoms with Gasteiger partial charge < -0.3 is 5.32 Å². The number of carbonyl (C=O) groups excluding carboxylic acids is 1. The van der Waals surface area contributed by atoms with E-state index < -0.39 is 0 Å². The zero-order chi connectivity index (χ0) is 12.3. The molecule has 0 bridgehead atoms. The van der Waals surface area contributed by atoms with Crippen LogP contribution in [0.4, 0.5) is 4.39 Å². The van der Waals surface area contributed by atoms with Gasteiger partial charge >= 0.3 is 0 Å². The van der Waals surface area contributed by atoms with Crippen molar-refractivity contribution in [2.24, 2.45) is 0 Å². The van der Waals surface area contributed by atoms with Crippen LogP contribution in [0.3, 0.4) is 0 Å². The molecule has 0 saturated carbocycles. The SMILES string of the molecule is CC(=O)NCc1nnnn1-c1ccc(F)cc1. The molecule has 0 atom stereocenters. The Balaban J connectivity index is 2.24. The monoisotopic (exact) mass is 235 g/mol. The van der Waals surface area contributed by atoms with Gasteiger partial charge in [0.05, 0.1) is 12.2 Å². The Morgan fingerprint density at radius 1 is 1.41 bits per heavy atom. The van der Waals surface area contributed by atoms with Crippen LogP contribution in [0.25, 0.3) is 5.69 Å². The first-order valence-corrected chi connectivity index (χ1v) is 4.94. The van der Waals surface area contributed by atoms with E-state index >= 15 is 0 Å². The lowest BCUT2D eigenvalue weighted by atomic mass is 10.3. The highest BCUT2D eigenvalue weighted by molar-refractivity contribution is 5.72. The van der Waals surface area contributed by atoms with Crippen molar-refractivity contribution in [3.8, 4) is 5.69 Å². The maximum atomic E-state index is 12.8. The minimum Gasteiger partial charge on any atom is -0.349 e. The number of nitrogens with zero attached hydrogens (tertiary/aromatic N) is 4. The van der Waals surface area contributed by atoms with Crippen LogP contribution in [0, 0.1) is 5.82 Å². The molecule has 17 heavy (non-hydrogen) atoms. The number of benzene rings is 1. The predicted molar refractivity (Wildman–Crippen MR) is 56.6 cm³/mol. The molecule has 1 aromatic heterocycles. The van der Waals surface area contributed by atoms with Gasteiger partial charge in [0.1, 0.15) is 5.82 Å². The van der Waals surface area contributed by atoms with E-state index in [0.717, 1.165) is 0 Å². The zero-order valence-electron chi connectivity index (χ0n) is 9.09. The minimum absolute atomic E-state index is 0.168. The van der Waals surface area contributed by atoms with E-state index in [2.05, 4.69) is 20.8 Å². The summed E-state index contributed by atoms with van der Waals surface area (Å²) in [7, 11) is 0. The first kappa shape index (κ1) is 11.2. The summed E-state index contributed by atoms with van der Waals surface area (Å²) in [5.41, 5.74) is 0.636. The number of amides is 1. The molecule has 88 valence electrons. The third-order valence-electron chi connectivity index (χ3n) is 2.10. The molecule has 7 heteroatoms. The van der Waals surface area contributed by atoms with Gasteiger partial charge in [-0.25, -0.2) is 4.39 Å². The van der Waals surface area contributed by atoms with Crippen molar-refractivity contribution in [2.75, 3.05) is 0 Å². The van der Waals surface area contributed by atoms with E-state index in [9.17, 15) is 9.18 Å². The zero-order valence-corrected chi connectivity index (χ0v) is 9.09. The third kappa shape index (κ3) is 2.63. The average Bonchev–Trinajstić information content (AvgIpc) is 2.75. The molecule has 0 saturated heterocycles. The summed E-state index contributed by atoms with van der Waals surface area (Å²) in [6.45, 7) is 1.63. The second kappa shape index (κ2) is 4.69. The standard InChI is InChI=1S/C10H10FN5O/c1-7(17)12-6-10-13-14-15-16(10)9-4-2-8(11)3-5-9/h2-5H,6H2,1H3,(H,12,17). The summed E-state index contributed by atoms with van der Waals surface area (Å²) >= 11 is 0. The summed E-state index contributed by atoms with van der Waals surface area (Å²) in [5, 5.41) is 13.7. The van der Waals surface area contributed by atoms with E-state index in [4.69, 9.17) is 0 Å². The molecular formula is C10H10FN5O. The number of tetrazole rings is 1. The number of hydrogen-bond donors (Lipinski definition) is 1. The maximum Gasteiger partial charge on any atom is 0.217 e. The molecule has 0 fully saturated rings. The molecule has 0 radical (unpaired) electrons. The van der Waals surface area contributed by atoms with Crippen molar-refractivity contribution in [3.05, 3.63) is 35.9 Å². The number of carbonyl (C=O) groups is 1. The summed E-state index contributed by atoms with van der Waals surface area (Å²) in [6.07, 6.45) is 0. The molecule has 1 heterocycles. The summed E-state index contributed by atoms with van der Waals surface area (Å²) in [4.78, 5) is 10.8. The van der Waals surface area contributed by atoms with E-state index in [-0.39, 0.29) is 18.3 Å². The molecule has 6 nitrogen and oxygen atoms in total. The fourth-order valence-corrected chi connectivity index (χ4v) is 1.30. The number of aromatic nitrogens is 4. The molecule has 1 N–H and O–H groups in total. The second-order valence-electron chi connectivity index (χ2n) is 3.39. The minimum atomic E-state index is -0.328. The molecule has 1 amide bonds. The van der Waals surface area contributed by atoms with Crippen molar-refractivity contribution in [1.82, 2.24) is 25.5 Å². The fraction of sp³-hybridized carbons (Fsp3) is 0.200. The first-order chi connectivity index (χ1) is 8.16. The summed E-state index contributed by atoms with van der Waals surface area (Å²) in [5.74, 6) is -0.0179. The molecule has 0 spiro atoms. The van der Waals surface area contributed by atoms with Crippen LogP contribution in [-0.4, -0.2) is 26.1 Å². The highest BCUT2D eigenvalue weighted by Gasteiger charge is 2.08. The topological polar surface area (TPSA) is 72.7 Å². The van der Waals surface area contributed by atoms with Crippen molar-refractivity contribution in [3.63, 3.8) is 0 Å². The van der Waals surface area contributed by atoms with Crippen LogP contribution in [0.1, 0.15) is 12.7 Å². The summed E-state index contributed by atoms with van der Waals surface area (Å²) < 4.78 is 14.2. The highest BCUT2D eigenvalue weighted by Crippen LogP contribution is 2.08. The van der Waals surface area contributed by atoms with Crippen LogP contribution in [0.2, 0.25) is 0 Å². The Kier molecular flexibility index (Phi) is 3.08. The van der Waals surface area contributed by atoms with Gasteiger partial charge in [-0.2, -0.15) is 4.68 Å². The Morgan fingerprint density at radius 3 is 2.76 bits per heavy atom. The van der Waals surface area contributed by atoms with Crippen molar-refractivity contribution < 1.29 is 9.18 Å². The van der Waals surface area contributed by atoms with Gasteiger partial charge in [0, 0.05) is 6.92 Å². The smallest absolute Gasteiger partial charge is 0.217 e. The van der Waals surface area contributed by atoms with Gasteiger partial charge in [-0.3, -0.25) is 4.79 Å². The van der Waals surface area contributed by atoms with Crippen LogP contribution in [-0.2, 0) is 11.3 Å². The lowest BCUT2D eigenvalue weighted by Gasteiger charge is -2.04. The molecule has 0 aliphatic rings. The first-order valence-electron chi connectivity index (χ1n) is 4.94. The van der Waals surface area contributed by atoms with E-state index in [0.29, 0.717) is 11.5 Å². The van der Waals surface area contributed by atoms with Crippen molar-refractivity contribution >= 4 is 5.91 Å². The largest absolute Gasteiger partial charge is 0.349 e. The van der Waals surface area contributed by atoms with Gasteiger partial charge in [-0.05, 0) is 34.7 Å². The van der Waals surface area contributed by atoms with Gasteiger partial charge in [0.15, 0.2) is 5.82 Å². The van der Waals surface area contributed by atoms with E-state index in [1.54, 1.807) is 12.1 Å². The number of halogens is 1. The number of rotatable bonds is 3. The van der Waals surface area contributed by atoms with Crippen LogP contribution >= 0.6 is 0 Å². The molecule has 0 aliphatic heterocycles. The van der Waals surface area contributed by atoms with Gasteiger partial charge in [0.25, 0.3) is 0 Å². The number of nitrogens with one attached hydrogen (secondary N) is 1. The lowest BCUT2D eigenvalue weighted by Crippen LogP contribution is -2.21. The van der Waals surface area contributed by atoms with Crippen LogP contribution in [0.5, 0.6) is 0 Å². The molecule has 0 aliphatic carbocycles. The summed E-state index contributed by atoms with van der Waals surface area (Å²) in [6, 6.07) is 5.75.